The highest BCUT2D eigenvalue weighted by molar-refractivity contribution is 7.18. The number of benzene rings is 2. The molecule has 6 nitrogen and oxygen atoms in total. The van der Waals surface area contributed by atoms with Gasteiger partial charge in [-0.3, -0.25) is 9.59 Å². The summed E-state index contributed by atoms with van der Waals surface area (Å²) in [6.07, 6.45) is 0. The molecule has 0 radical (unpaired) electrons. The Morgan fingerprint density at radius 1 is 1.19 bits per heavy atom. The predicted molar refractivity (Wildman–Crippen MR) is 102 cm³/mol. The molecule has 7 heteroatoms. The van der Waals surface area contributed by atoms with Gasteiger partial charge in [0.2, 0.25) is 5.91 Å². The largest absolute Gasteiger partial charge is 0.364 e. The summed E-state index contributed by atoms with van der Waals surface area (Å²) in [5.74, 6) is -0.410. The first-order valence-electron chi connectivity index (χ1n) is 8.11. The van der Waals surface area contributed by atoms with Crippen molar-refractivity contribution in [1.82, 2.24) is 10.3 Å². The van der Waals surface area contributed by atoms with Gasteiger partial charge in [-0.2, -0.15) is 0 Å². The summed E-state index contributed by atoms with van der Waals surface area (Å²) in [6, 6.07) is 13.0. The first-order valence-corrected chi connectivity index (χ1v) is 8.93. The maximum absolute atomic E-state index is 12.1. The molecule has 134 valence electrons. The van der Waals surface area contributed by atoms with Crippen LogP contribution in [0.1, 0.15) is 20.9 Å². The van der Waals surface area contributed by atoms with Crippen LogP contribution >= 0.6 is 11.3 Å². The van der Waals surface area contributed by atoms with E-state index in [1.54, 1.807) is 36.6 Å². The fourth-order valence-electron chi connectivity index (χ4n) is 2.49. The van der Waals surface area contributed by atoms with E-state index in [2.05, 4.69) is 15.6 Å². The van der Waals surface area contributed by atoms with Crippen LogP contribution in [0.4, 0.5) is 5.69 Å². The lowest BCUT2D eigenvalue weighted by Gasteiger charge is -2.10. The van der Waals surface area contributed by atoms with Crippen LogP contribution < -0.4 is 10.6 Å². The van der Waals surface area contributed by atoms with Crippen LogP contribution in [0, 0.1) is 6.92 Å². The molecule has 1 heterocycles. The third kappa shape index (κ3) is 4.25. The molecule has 2 N–H and O–H groups in total. The Balaban J connectivity index is 1.53. The lowest BCUT2D eigenvalue weighted by atomic mass is 10.1. The summed E-state index contributed by atoms with van der Waals surface area (Å²) < 4.78 is 6.57. The number of nitrogens with zero attached hydrogens (tertiary/aromatic N) is 1. The van der Waals surface area contributed by atoms with Gasteiger partial charge in [0, 0.05) is 18.3 Å². The number of hydrogen-bond acceptors (Lipinski definition) is 5. The van der Waals surface area contributed by atoms with Crippen molar-refractivity contribution >= 4 is 39.1 Å². The molecular formula is C19H19N3O3S. The minimum Gasteiger partial charge on any atom is -0.364 e. The molecule has 0 saturated carbocycles. The van der Waals surface area contributed by atoms with E-state index in [-0.39, 0.29) is 18.4 Å². The SMILES string of the molecule is CNC(=O)c1ccc(NC(=O)COCc2nc3ccccc3s2)c(C)c1. The maximum Gasteiger partial charge on any atom is 0.251 e. The predicted octanol–water partition coefficient (Wildman–Crippen LogP) is 3.12. The van der Waals surface area contributed by atoms with Gasteiger partial charge in [-0.25, -0.2) is 4.98 Å². The van der Waals surface area contributed by atoms with Crippen molar-refractivity contribution in [3.8, 4) is 0 Å². The fraction of sp³-hybridized carbons (Fsp3) is 0.211. The molecule has 3 rings (SSSR count). The van der Waals surface area contributed by atoms with Gasteiger partial charge >= 0.3 is 0 Å². The first kappa shape index (κ1) is 18.0. The second kappa shape index (κ2) is 8.07. The van der Waals surface area contributed by atoms with Gasteiger partial charge in [0.15, 0.2) is 0 Å². The third-order valence-corrected chi connectivity index (χ3v) is 4.80. The summed E-state index contributed by atoms with van der Waals surface area (Å²) in [6.45, 7) is 2.07. The first-order chi connectivity index (χ1) is 12.6. The van der Waals surface area contributed by atoms with Crippen LogP contribution in [0.15, 0.2) is 42.5 Å². The van der Waals surface area contributed by atoms with Crippen molar-refractivity contribution in [2.45, 2.75) is 13.5 Å². The van der Waals surface area contributed by atoms with Gasteiger partial charge < -0.3 is 15.4 Å². The molecule has 0 aliphatic carbocycles. The van der Waals surface area contributed by atoms with Gasteiger partial charge in [0.1, 0.15) is 11.6 Å². The summed E-state index contributed by atoms with van der Waals surface area (Å²) >= 11 is 1.56. The molecule has 26 heavy (non-hydrogen) atoms. The number of amides is 2. The maximum atomic E-state index is 12.1. The van der Waals surface area contributed by atoms with E-state index in [9.17, 15) is 9.59 Å². The number of thiazole rings is 1. The van der Waals surface area contributed by atoms with Crippen molar-refractivity contribution in [2.75, 3.05) is 19.0 Å². The molecule has 1 aromatic heterocycles. The summed E-state index contributed by atoms with van der Waals surface area (Å²) in [4.78, 5) is 28.2. The molecule has 0 bridgehead atoms. The van der Waals surface area contributed by atoms with Crippen molar-refractivity contribution in [2.24, 2.45) is 0 Å². The zero-order valence-electron chi connectivity index (χ0n) is 14.5. The van der Waals surface area contributed by atoms with Crippen LogP contribution in [0.5, 0.6) is 0 Å². The van der Waals surface area contributed by atoms with Crippen LogP contribution in [0.3, 0.4) is 0 Å². The Bertz CT molecular complexity index is 919. The smallest absolute Gasteiger partial charge is 0.251 e. The zero-order chi connectivity index (χ0) is 18.5. The molecule has 0 saturated heterocycles. The zero-order valence-corrected chi connectivity index (χ0v) is 15.4. The number of ether oxygens (including phenoxy) is 1. The highest BCUT2D eigenvalue weighted by Crippen LogP contribution is 2.22. The second-order valence-electron chi connectivity index (χ2n) is 5.73. The molecule has 0 fully saturated rings. The van der Waals surface area contributed by atoms with E-state index < -0.39 is 0 Å². The summed E-state index contributed by atoms with van der Waals surface area (Å²) in [5, 5.41) is 6.20. The standard InChI is InChI=1S/C19H19N3O3S/c1-12-9-13(19(24)20-2)7-8-14(12)21-17(23)10-25-11-18-22-15-5-3-4-6-16(15)26-18/h3-9H,10-11H2,1-2H3,(H,20,24)(H,21,23). The van der Waals surface area contributed by atoms with Crippen molar-refractivity contribution < 1.29 is 14.3 Å². The van der Waals surface area contributed by atoms with E-state index in [1.165, 1.54) is 0 Å². The van der Waals surface area contributed by atoms with Gasteiger partial charge in [0.25, 0.3) is 5.91 Å². The van der Waals surface area contributed by atoms with Crippen molar-refractivity contribution in [3.05, 3.63) is 58.6 Å². The number of aromatic nitrogens is 1. The molecule has 0 atom stereocenters. The van der Waals surface area contributed by atoms with Gasteiger partial charge in [-0.1, -0.05) is 12.1 Å². The second-order valence-corrected chi connectivity index (χ2v) is 6.84. The molecule has 2 amide bonds. The Labute approximate surface area is 155 Å². The number of hydrogen-bond donors (Lipinski definition) is 2. The Morgan fingerprint density at radius 3 is 2.73 bits per heavy atom. The Hall–Kier alpha value is -2.77. The van der Waals surface area contributed by atoms with Crippen LogP contribution in [0.2, 0.25) is 0 Å². The van der Waals surface area contributed by atoms with Crippen LogP contribution in [0.25, 0.3) is 10.2 Å². The Morgan fingerprint density at radius 2 is 2.00 bits per heavy atom. The molecule has 2 aromatic carbocycles. The highest BCUT2D eigenvalue weighted by Gasteiger charge is 2.09. The van der Waals surface area contributed by atoms with E-state index >= 15 is 0 Å². The summed E-state index contributed by atoms with van der Waals surface area (Å²) in [5.41, 5.74) is 2.96. The lowest BCUT2D eigenvalue weighted by Crippen LogP contribution is -2.20. The van der Waals surface area contributed by atoms with Crippen LogP contribution in [-0.4, -0.2) is 30.5 Å². The monoisotopic (exact) mass is 369 g/mol. The highest BCUT2D eigenvalue weighted by atomic mass is 32.1. The molecule has 3 aromatic rings. The van der Waals surface area contributed by atoms with Gasteiger partial charge in [-0.15, -0.1) is 11.3 Å². The number of carbonyl (C=O) groups excluding carboxylic acids is 2. The van der Waals surface area contributed by atoms with Crippen LogP contribution in [-0.2, 0) is 16.1 Å². The molecular weight excluding hydrogens is 350 g/mol. The number of para-hydroxylation sites is 1. The average Bonchev–Trinajstić information content (AvgIpc) is 3.05. The number of anilines is 1. The van der Waals surface area contributed by atoms with E-state index in [0.29, 0.717) is 17.9 Å². The fourth-order valence-corrected chi connectivity index (χ4v) is 3.39. The third-order valence-electron chi connectivity index (χ3n) is 3.79. The minimum atomic E-state index is -0.248. The van der Waals surface area contributed by atoms with E-state index in [0.717, 1.165) is 20.8 Å². The quantitative estimate of drug-likeness (QED) is 0.700. The number of carbonyl (C=O) groups is 2. The van der Waals surface area contributed by atoms with Gasteiger partial charge in [0.05, 0.1) is 16.8 Å². The van der Waals surface area contributed by atoms with E-state index in [1.807, 2.05) is 31.2 Å². The number of rotatable bonds is 6. The normalized spacial score (nSPS) is 10.7. The average molecular weight is 369 g/mol. The van der Waals surface area contributed by atoms with Crippen molar-refractivity contribution in [1.29, 1.82) is 0 Å². The number of aryl methyl sites for hydroxylation is 1. The van der Waals surface area contributed by atoms with E-state index in [4.69, 9.17) is 4.74 Å². The molecule has 0 unspecified atom stereocenters. The molecule has 0 spiro atoms. The Kier molecular flexibility index (Phi) is 5.60. The lowest BCUT2D eigenvalue weighted by molar-refractivity contribution is -0.121. The summed E-state index contributed by atoms with van der Waals surface area (Å²) in [7, 11) is 1.58. The van der Waals surface area contributed by atoms with Crippen molar-refractivity contribution in [3.63, 3.8) is 0 Å². The minimum absolute atomic E-state index is 0.0629. The number of nitrogens with one attached hydrogen (secondary N) is 2. The molecule has 0 aliphatic rings. The topological polar surface area (TPSA) is 80.3 Å². The molecule has 0 aliphatic heterocycles. The number of fused-ring (bicyclic) bond motifs is 1. The van der Waals surface area contributed by atoms with Gasteiger partial charge in [-0.05, 0) is 42.8 Å².